The second-order valence-corrected chi connectivity index (χ2v) is 4.35. The van der Waals surface area contributed by atoms with Gasteiger partial charge in [-0.1, -0.05) is 32.6 Å². The summed E-state index contributed by atoms with van der Waals surface area (Å²) in [5.41, 5.74) is 4.56. The molecule has 0 aliphatic rings. The molecule has 0 aromatic carbocycles. The number of hydrogen-bond acceptors (Lipinski definition) is 2. The number of unbranched alkanes of at least 4 members (excludes halogenated alkanes) is 4. The zero-order chi connectivity index (χ0) is 11.0. The highest BCUT2D eigenvalue weighted by molar-refractivity contribution is 5.65. The van der Waals surface area contributed by atoms with Gasteiger partial charge in [-0.25, -0.2) is 4.79 Å². The lowest BCUT2D eigenvalue weighted by molar-refractivity contribution is 0.0372. The number of hydrogen-bond donors (Lipinski definition) is 1. The lowest BCUT2D eigenvalue weighted by Gasteiger charge is -2.23. The molecule has 0 heterocycles. The average Bonchev–Trinajstić information content (AvgIpc) is 2.01. The highest BCUT2D eigenvalue weighted by Crippen LogP contribution is 2.18. The predicted octanol–water partition coefficient (Wildman–Crippen LogP) is 3.22. The van der Waals surface area contributed by atoms with E-state index in [0.717, 1.165) is 12.8 Å². The van der Waals surface area contributed by atoms with E-state index in [-0.39, 0.29) is 0 Å². The van der Waals surface area contributed by atoms with E-state index in [0.29, 0.717) is 0 Å². The molecule has 0 spiro atoms. The third-order valence-corrected chi connectivity index (χ3v) is 2.26. The maximum atomic E-state index is 10.6. The number of carbonyl (C=O) groups excluding carboxylic acids is 1. The van der Waals surface area contributed by atoms with E-state index in [2.05, 4.69) is 6.92 Å². The van der Waals surface area contributed by atoms with Gasteiger partial charge in [-0.05, 0) is 26.7 Å². The molecule has 0 radical (unpaired) electrons. The zero-order valence-electron chi connectivity index (χ0n) is 9.64. The number of amides is 1. The molecule has 14 heavy (non-hydrogen) atoms. The number of carbonyl (C=O) groups is 1. The molecule has 0 atom stereocenters. The van der Waals surface area contributed by atoms with Crippen LogP contribution in [0.25, 0.3) is 0 Å². The fourth-order valence-electron chi connectivity index (χ4n) is 1.48. The van der Waals surface area contributed by atoms with E-state index >= 15 is 0 Å². The number of ether oxygens (including phenoxy) is 1. The summed E-state index contributed by atoms with van der Waals surface area (Å²) in [4.78, 5) is 10.6. The molecule has 3 heteroatoms. The molecule has 0 rings (SSSR count). The molecule has 2 N–H and O–H groups in total. The van der Waals surface area contributed by atoms with Crippen LogP contribution >= 0.6 is 0 Å². The molecule has 0 saturated carbocycles. The minimum Gasteiger partial charge on any atom is -0.444 e. The second-order valence-electron chi connectivity index (χ2n) is 4.35. The lowest BCUT2D eigenvalue weighted by atomic mass is 10.00. The normalized spacial score (nSPS) is 11.4. The summed E-state index contributed by atoms with van der Waals surface area (Å²) in [6.07, 6.45) is 6.32. The van der Waals surface area contributed by atoms with E-state index in [1.807, 2.05) is 13.8 Å². The minimum absolute atomic E-state index is 0.405. The van der Waals surface area contributed by atoms with Crippen LogP contribution in [0.1, 0.15) is 59.3 Å². The smallest absolute Gasteiger partial charge is 0.405 e. The van der Waals surface area contributed by atoms with Gasteiger partial charge in [0.2, 0.25) is 0 Å². The largest absolute Gasteiger partial charge is 0.444 e. The van der Waals surface area contributed by atoms with E-state index in [4.69, 9.17) is 10.5 Å². The molecular formula is C11H23NO2. The van der Waals surface area contributed by atoms with Crippen molar-refractivity contribution in [3.63, 3.8) is 0 Å². The molecule has 0 bridgehead atoms. The van der Waals surface area contributed by atoms with Gasteiger partial charge in [0.05, 0.1) is 0 Å². The summed E-state index contributed by atoms with van der Waals surface area (Å²) in [7, 11) is 0. The van der Waals surface area contributed by atoms with Crippen LogP contribution in [0.4, 0.5) is 4.79 Å². The Labute approximate surface area is 87.0 Å². The van der Waals surface area contributed by atoms with Gasteiger partial charge in [-0.2, -0.15) is 0 Å². The van der Waals surface area contributed by atoms with Gasteiger partial charge in [0.25, 0.3) is 0 Å². The third kappa shape index (κ3) is 7.90. The molecule has 0 fully saturated rings. The van der Waals surface area contributed by atoms with Crippen molar-refractivity contribution in [2.24, 2.45) is 5.73 Å². The quantitative estimate of drug-likeness (QED) is 0.643. The van der Waals surface area contributed by atoms with Gasteiger partial charge in [-0.3, -0.25) is 0 Å². The molecule has 0 aromatic rings. The monoisotopic (exact) mass is 201 g/mol. The van der Waals surface area contributed by atoms with E-state index in [9.17, 15) is 4.79 Å². The van der Waals surface area contributed by atoms with E-state index < -0.39 is 11.7 Å². The maximum absolute atomic E-state index is 10.6. The standard InChI is InChI=1S/C11H23NO2/c1-4-5-6-7-8-9-11(2,3)14-10(12)13/h4-9H2,1-3H3,(H2,12,13). The van der Waals surface area contributed by atoms with Crippen molar-refractivity contribution in [3.05, 3.63) is 0 Å². The summed E-state index contributed by atoms with van der Waals surface area (Å²) in [6.45, 7) is 6.00. The Bertz CT molecular complexity index is 167. The Morgan fingerprint density at radius 3 is 2.29 bits per heavy atom. The number of nitrogens with two attached hydrogens (primary N) is 1. The van der Waals surface area contributed by atoms with Gasteiger partial charge in [0.15, 0.2) is 0 Å². The Balaban J connectivity index is 3.50. The molecular weight excluding hydrogens is 178 g/mol. The topological polar surface area (TPSA) is 52.3 Å². The summed E-state index contributed by atoms with van der Waals surface area (Å²) in [5, 5.41) is 0. The Morgan fingerprint density at radius 2 is 1.79 bits per heavy atom. The second kappa shape index (κ2) is 6.68. The van der Waals surface area contributed by atoms with Crippen molar-refractivity contribution in [1.82, 2.24) is 0 Å². The first-order chi connectivity index (χ1) is 6.48. The fourth-order valence-corrected chi connectivity index (χ4v) is 1.48. The number of primary amides is 1. The molecule has 0 unspecified atom stereocenters. The summed E-state index contributed by atoms with van der Waals surface area (Å²) >= 11 is 0. The predicted molar refractivity (Wildman–Crippen MR) is 58.1 cm³/mol. The first-order valence-corrected chi connectivity index (χ1v) is 5.46. The van der Waals surface area contributed by atoms with Crippen LogP contribution < -0.4 is 5.73 Å². The van der Waals surface area contributed by atoms with Crippen molar-refractivity contribution in [2.75, 3.05) is 0 Å². The van der Waals surface area contributed by atoms with Crippen molar-refractivity contribution in [2.45, 2.75) is 64.9 Å². The summed E-state index contributed by atoms with van der Waals surface area (Å²) < 4.78 is 4.98. The average molecular weight is 201 g/mol. The highest BCUT2D eigenvalue weighted by Gasteiger charge is 2.20. The highest BCUT2D eigenvalue weighted by atomic mass is 16.6. The van der Waals surface area contributed by atoms with Gasteiger partial charge < -0.3 is 10.5 Å². The van der Waals surface area contributed by atoms with Crippen molar-refractivity contribution in [3.8, 4) is 0 Å². The van der Waals surface area contributed by atoms with Crippen LogP contribution in [0.3, 0.4) is 0 Å². The van der Waals surface area contributed by atoms with Gasteiger partial charge >= 0.3 is 6.09 Å². The SMILES string of the molecule is CCCCCCCC(C)(C)OC(N)=O. The maximum Gasteiger partial charge on any atom is 0.405 e. The Kier molecular flexibility index (Phi) is 6.34. The molecule has 1 amide bonds. The molecule has 84 valence electrons. The molecule has 0 saturated heterocycles. The third-order valence-electron chi connectivity index (χ3n) is 2.26. The fraction of sp³-hybridized carbons (Fsp3) is 0.909. The summed E-state index contributed by atoms with van der Waals surface area (Å²) in [5.74, 6) is 0. The van der Waals surface area contributed by atoms with Crippen LogP contribution in [0.15, 0.2) is 0 Å². The van der Waals surface area contributed by atoms with E-state index in [1.54, 1.807) is 0 Å². The van der Waals surface area contributed by atoms with Crippen LogP contribution in [-0.4, -0.2) is 11.7 Å². The van der Waals surface area contributed by atoms with Crippen LogP contribution in [0.5, 0.6) is 0 Å². The van der Waals surface area contributed by atoms with Gasteiger partial charge in [0.1, 0.15) is 5.60 Å². The Hall–Kier alpha value is -0.730. The zero-order valence-corrected chi connectivity index (χ0v) is 9.64. The van der Waals surface area contributed by atoms with Crippen molar-refractivity contribution >= 4 is 6.09 Å². The van der Waals surface area contributed by atoms with Crippen molar-refractivity contribution in [1.29, 1.82) is 0 Å². The first-order valence-electron chi connectivity index (χ1n) is 5.46. The lowest BCUT2D eigenvalue weighted by Crippen LogP contribution is -2.30. The van der Waals surface area contributed by atoms with Gasteiger partial charge in [-0.15, -0.1) is 0 Å². The summed E-state index contributed by atoms with van der Waals surface area (Å²) in [6, 6.07) is 0. The van der Waals surface area contributed by atoms with Crippen molar-refractivity contribution < 1.29 is 9.53 Å². The van der Waals surface area contributed by atoms with Gasteiger partial charge in [0, 0.05) is 0 Å². The Morgan fingerprint density at radius 1 is 1.21 bits per heavy atom. The molecule has 0 aliphatic carbocycles. The van der Waals surface area contributed by atoms with E-state index in [1.165, 1.54) is 25.7 Å². The first kappa shape index (κ1) is 13.3. The molecule has 0 aromatic heterocycles. The van der Waals surface area contributed by atoms with Crippen LogP contribution in [0.2, 0.25) is 0 Å². The van der Waals surface area contributed by atoms with Crippen LogP contribution in [0, 0.1) is 0 Å². The van der Waals surface area contributed by atoms with Crippen LogP contribution in [-0.2, 0) is 4.74 Å². The number of rotatable bonds is 7. The molecule has 0 aliphatic heterocycles. The minimum atomic E-state index is -0.677. The molecule has 3 nitrogen and oxygen atoms in total.